The molecule has 0 bridgehead atoms. The number of allylic oxidation sites excluding steroid dienone is 4. The van der Waals surface area contributed by atoms with Crippen molar-refractivity contribution in [1.29, 1.82) is 0 Å². The molecule has 1 saturated carbocycles. The molecule has 0 heterocycles. The molecule has 76 valence electrons. The van der Waals surface area contributed by atoms with Crippen LogP contribution < -0.4 is 0 Å². The molecule has 0 saturated heterocycles. The first-order valence-corrected chi connectivity index (χ1v) is 5.92. The zero-order valence-electron chi connectivity index (χ0n) is 8.94. The number of hydrogen-bond acceptors (Lipinski definition) is 0. The van der Waals surface area contributed by atoms with Crippen molar-refractivity contribution < 1.29 is 0 Å². The van der Waals surface area contributed by atoms with Crippen molar-refractivity contribution in [3.05, 3.63) is 23.3 Å². The fourth-order valence-corrected chi connectivity index (χ4v) is 4.71. The Morgan fingerprint density at radius 3 is 2.50 bits per heavy atom. The number of hydrogen-bond donors (Lipinski definition) is 0. The Kier molecular flexibility index (Phi) is 1.48. The van der Waals surface area contributed by atoms with Gasteiger partial charge in [0.05, 0.1) is 0 Å². The summed E-state index contributed by atoms with van der Waals surface area (Å²) >= 11 is 6.36. The van der Waals surface area contributed by atoms with Gasteiger partial charge < -0.3 is 0 Å². The average Bonchev–Trinajstić information content (AvgIpc) is 2.28. The van der Waals surface area contributed by atoms with E-state index in [0.717, 1.165) is 5.03 Å². The van der Waals surface area contributed by atoms with Crippen molar-refractivity contribution in [3.63, 3.8) is 0 Å². The summed E-state index contributed by atoms with van der Waals surface area (Å²) in [4.78, 5) is 0. The zero-order valence-corrected chi connectivity index (χ0v) is 9.69. The molecule has 2 atom stereocenters. The predicted molar refractivity (Wildman–Crippen MR) is 60.2 cm³/mol. The first kappa shape index (κ1) is 9.03. The van der Waals surface area contributed by atoms with Crippen molar-refractivity contribution in [3.8, 4) is 0 Å². The largest absolute Gasteiger partial charge is 0.0888 e. The van der Waals surface area contributed by atoms with Crippen LogP contribution in [0, 0.1) is 16.2 Å². The topological polar surface area (TPSA) is 0 Å². The predicted octanol–water partition coefficient (Wildman–Crippen LogP) is 4.27. The van der Waals surface area contributed by atoms with Crippen molar-refractivity contribution >= 4 is 11.6 Å². The van der Waals surface area contributed by atoms with Gasteiger partial charge >= 0.3 is 0 Å². The van der Waals surface area contributed by atoms with E-state index in [-0.39, 0.29) is 0 Å². The standard InChI is InChI=1S/C13H17Cl/c1-11(2)8-12-5-3-4-6-13(12,9-11)10(14)7-12/h3-4,7H,5-6,8-9H2,1-2H3/t12-,13+/m1/s1. The van der Waals surface area contributed by atoms with Gasteiger partial charge in [0.2, 0.25) is 0 Å². The van der Waals surface area contributed by atoms with Crippen LogP contribution in [0.2, 0.25) is 0 Å². The highest BCUT2D eigenvalue weighted by molar-refractivity contribution is 6.31. The van der Waals surface area contributed by atoms with E-state index in [2.05, 4.69) is 32.1 Å². The summed E-state index contributed by atoms with van der Waals surface area (Å²) in [5, 5.41) is 1.15. The maximum Gasteiger partial charge on any atom is 0.0221 e. The van der Waals surface area contributed by atoms with Gasteiger partial charge in [0.15, 0.2) is 0 Å². The van der Waals surface area contributed by atoms with Gasteiger partial charge in [-0.1, -0.05) is 43.7 Å². The van der Waals surface area contributed by atoms with Crippen LogP contribution in [0.15, 0.2) is 23.3 Å². The smallest absolute Gasteiger partial charge is 0.0221 e. The van der Waals surface area contributed by atoms with E-state index in [1.807, 2.05) is 0 Å². The van der Waals surface area contributed by atoms with Gasteiger partial charge in [-0.15, -0.1) is 0 Å². The number of halogens is 1. The van der Waals surface area contributed by atoms with E-state index in [1.165, 1.54) is 25.7 Å². The molecule has 0 unspecified atom stereocenters. The SMILES string of the molecule is CC1(C)C[C@@]23C=C(Cl)[C@]2(CC=CC3)C1. The van der Waals surface area contributed by atoms with Crippen molar-refractivity contribution in [2.45, 2.75) is 39.5 Å². The highest BCUT2D eigenvalue weighted by Gasteiger charge is 2.65. The van der Waals surface area contributed by atoms with Gasteiger partial charge in [-0.3, -0.25) is 0 Å². The van der Waals surface area contributed by atoms with Gasteiger partial charge in [0.1, 0.15) is 0 Å². The second-order valence-corrected chi connectivity index (χ2v) is 6.54. The lowest BCUT2D eigenvalue weighted by molar-refractivity contribution is 0.128. The van der Waals surface area contributed by atoms with E-state index in [0.29, 0.717) is 16.2 Å². The number of rotatable bonds is 0. The minimum absolute atomic E-state index is 0.340. The van der Waals surface area contributed by atoms with E-state index >= 15 is 0 Å². The van der Waals surface area contributed by atoms with Crippen LogP contribution in [0.5, 0.6) is 0 Å². The fraction of sp³-hybridized carbons (Fsp3) is 0.692. The molecule has 14 heavy (non-hydrogen) atoms. The quantitative estimate of drug-likeness (QED) is 0.522. The van der Waals surface area contributed by atoms with Gasteiger partial charge in [-0.2, -0.15) is 0 Å². The molecule has 0 aromatic rings. The molecule has 1 heteroatoms. The minimum Gasteiger partial charge on any atom is -0.0888 e. The maximum absolute atomic E-state index is 6.36. The molecule has 0 radical (unpaired) electrons. The van der Waals surface area contributed by atoms with Gasteiger partial charge in [0.25, 0.3) is 0 Å². The molecule has 1 fully saturated rings. The first-order valence-electron chi connectivity index (χ1n) is 5.54. The van der Waals surface area contributed by atoms with E-state index in [1.54, 1.807) is 0 Å². The molecule has 0 aliphatic heterocycles. The lowest BCUT2D eigenvalue weighted by atomic mass is 9.52. The molecular formula is C13H17Cl. The third-order valence-corrected chi connectivity index (χ3v) is 4.97. The highest BCUT2D eigenvalue weighted by Crippen LogP contribution is 2.75. The van der Waals surface area contributed by atoms with Crippen LogP contribution in [-0.2, 0) is 0 Å². The highest BCUT2D eigenvalue weighted by atomic mass is 35.5. The van der Waals surface area contributed by atoms with Gasteiger partial charge in [-0.05, 0) is 31.1 Å². The Morgan fingerprint density at radius 2 is 1.86 bits per heavy atom. The first-order chi connectivity index (χ1) is 6.50. The fourth-order valence-electron chi connectivity index (χ4n) is 4.17. The second-order valence-electron chi connectivity index (χ2n) is 6.13. The Bertz CT molecular complexity index is 350. The molecule has 3 aliphatic rings. The molecule has 0 aromatic carbocycles. The third kappa shape index (κ3) is 0.821. The zero-order chi connectivity index (χ0) is 10.0. The molecule has 0 aromatic heterocycles. The maximum atomic E-state index is 6.36. The van der Waals surface area contributed by atoms with Crippen molar-refractivity contribution in [2.24, 2.45) is 16.2 Å². The second kappa shape index (κ2) is 2.29. The normalized spacial score (nSPS) is 47.8. The Labute approximate surface area is 91.0 Å². The monoisotopic (exact) mass is 208 g/mol. The summed E-state index contributed by atoms with van der Waals surface area (Å²) in [5.74, 6) is 0. The van der Waals surface area contributed by atoms with Crippen LogP contribution in [0.1, 0.15) is 39.5 Å². The van der Waals surface area contributed by atoms with Crippen LogP contribution in [0.25, 0.3) is 0 Å². The van der Waals surface area contributed by atoms with Gasteiger partial charge in [0, 0.05) is 15.9 Å². The minimum atomic E-state index is 0.340. The van der Waals surface area contributed by atoms with E-state index < -0.39 is 0 Å². The molecule has 3 rings (SSSR count). The van der Waals surface area contributed by atoms with E-state index in [9.17, 15) is 0 Å². The van der Waals surface area contributed by atoms with E-state index in [4.69, 9.17) is 11.6 Å². The lowest BCUT2D eigenvalue weighted by Gasteiger charge is -2.53. The molecule has 0 N–H and O–H groups in total. The third-order valence-electron chi connectivity index (χ3n) is 4.50. The average molecular weight is 209 g/mol. The van der Waals surface area contributed by atoms with Gasteiger partial charge in [-0.25, -0.2) is 0 Å². The Balaban J connectivity index is 2.09. The van der Waals surface area contributed by atoms with Crippen LogP contribution in [0.4, 0.5) is 0 Å². The van der Waals surface area contributed by atoms with Crippen molar-refractivity contribution in [1.82, 2.24) is 0 Å². The molecule has 3 aliphatic carbocycles. The molecule has 0 amide bonds. The van der Waals surface area contributed by atoms with Crippen molar-refractivity contribution in [2.75, 3.05) is 0 Å². The summed E-state index contributed by atoms with van der Waals surface area (Å²) < 4.78 is 0. The molecule has 0 spiro atoms. The van der Waals surface area contributed by atoms with Crippen LogP contribution in [0.3, 0.4) is 0 Å². The Hall–Kier alpha value is -0.230. The Morgan fingerprint density at radius 1 is 1.14 bits per heavy atom. The summed E-state index contributed by atoms with van der Waals surface area (Å²) in [6, 6.07) is 0. The summed E-state index contributed by atoms with van der Waals surface area (Å²) in [6.45, 7) is 4.77. The summed E-state index contributed by atoms with van der Waals surface area (Å²) in [7, 11) is 0. The van der Waals surface area contributed by atoms with Crippen LogP contribution >= 0.6 is 11.6 Å². The molecular weight excluding hydrogens is 192 g/mol. The summed E-state index contributed by atoms with van der Waals surface area (Å²) in [6.07, 6.45) is 12.0. The lowest BCUT2D eigenvalue weighted by Crippen LogP contribution is -2.45. The summed E-state index contributed by atoms with van der Waals surface area (Å²) in [5.41, 5.74) is 1.24. The van der Waals surface area contributed by atoms with Crippen LogP contribution in [-0.4, -0.2) is 0 Å². The molecule has 0 nitrogen and oxygen atoms in total.